The molecule has 0 spiro atoms. The normalized spacial score (nSPS) is 11.2. The molecule has 0 aliphatic heterocycles. The maximum atomic E-state index is 11.1. The van der Waals surface area contributed by atoms with E-state index in [1.165, 1.54) is 18.2 Å². The Balaban J connectivity index is 2.68. The summed E-state index contributed by atoms with van der Waals surface area (Å²) in [7, 11) is -3.48. The maximum Gasteiger partial charge on any atom is 0.294 e. The van der Waals surface area contributed by atoms with Crippen LogP contribution in [0.15, 0.2) is 18.2 Å². The van der Waals surface area contributed by atoms with Crippen molar-refractivity contribution in [3.8, 4) is 0 Å². The molecule has 0 radical (unpaired) electrons. The number of aliphatic hydroxyl groups excluding tert-OH is 1. The molecule has 0 aliphatic carbocycles. The van der Waals surface area contributed by atoms with E-state index in [-0.39, 0.29) is 18.0 Å². The van der Waals surface area contributed by atoms with Crippen LogP contribution in [0.25, 0.3) is 0 Å². The smallest absolute Gasteiger partial charge is 0.294 e. The molecule has 0 aliphatic rings. The first-order valence-corrected chi connectivity index (χ1v) is 8.83. The van der Waals surface area contributed by atoms with Crippen LogP contribution in [0.3, 0.4) is 0 Å². The monoisotopic (exact) mass is 331 g/mol. The second-order valence-corrected chi connectivity index (χ2v) is 6.68. The molecule has 0 bridgehead atoms. The molecule has 0 amide bonds. The van der Waals surface area contributed by atoms with E-state index in [1.807, 2.05) is 0 Å². The molecular formula is C13H21N3O5S. The molecule has 0 aromatic heterocycles. The maximum absolute atomic E-state index is 11.1. The number of sulfonamides is 1. The summed E-state index contributed by atoms with van der Waals surface area (Å²) in [5.74, 6) is 0. The Hall–Kier alpha value is -1.87. The summed E-state index contributed by atoms with van der Waals surface area (Å²) in [5, 5.41) is 22.7. The minimum atomic E-state index is -3.48. The third kappa shape index (κ3) is 6.72. The molecule has 0 saturated heterocycles. The number of rotatable bonds is 10. The van der Waals surface area contributed by atoms with Gasteiger partial charge in [-0.2, -0.15) is 0 Å². The number of hydrogen-bond donors (Lipinski definition) is 3. The van der Waals surface area contributed by atoms with Crippen molar-refractivity contribution in [2.24, 2.45) is 0 Å². The second kappa shape index (κ2) is 8.54. The molecule has 0 saturated carbocycles. The lowest BCUT2D eigenvalue weighted by molar-refractivity contribution is -0.383. The predicted octanol–water partition coefficient (Wildman–Crippen LogP) is 1.93. The number of aliphatic hydroxyl groups is 1. The fourth-order valence-corrected chi connectivity index (χ4v) is 2.48. The minimum absolute atomic E-state index is 0.155. The molecule has 0 fully saturated rings. The van der Waals surface area contributed by atoms with Crippen molar-refractivity contribution in [1.82, 2.24) is 0 Å². The summed E-state index contributed by atoms with van der Waals surface area (Å²) in [6, 6.07) is 4.15. The van der Waals surface area contributed by atoms with Crippen molar-refractivity contribution in [3.05, 3.63) is 28.3 Å². The highest BCUT2D eigenvalue weighted by atomic mass is 32.2. The van der Waals surface area contributed by atoms with Crippen molar-refractivity contribution >= 4 is 27.1 Å². The largest absolute Gasteiger partial charge is 0.396 e. The molecule has 9 heteroatoms. The summed E-state index contributed by atoms with van der Waals surface area (Å²) >= 11 is 0. The average Bonchev–Trinajstić information content (AvgIpc) is 2.42. The summed E-state index contributed by atoms with van der Waals surface area (Å²) in [4.78, 5) is 10.5. The molecule has 8 nitrogen and oxygen atoms in total. The van der Waals surface area contributed by atoms with Crippen molar-refractivity contribution < 1.29 is 18.4 Å². The Morgan fingerprint density at radius 3 is 2.50 bits per heavy atom. The third-order valence-corrected chi connectivity index (χ3v) is 3.50. The average molecular weight is 331 g/mol. The molecule has 0 atom stereocenters. The Kier molecular flexibility index (Phi) is 7.06. The van der Waals surface area contributed by atoms with Gasteiger partial charge >= 0.3 is 0 Å². The lowest BCUT2D eigenvalue weighted by Crippen LogP contribution is -2.10. The van der Waals surface area contributed by atoms with Crippen molar-refractivity contribution in [1.29, 1.82) is 0 Å². The van der Waals surface area contributed by atoms with Crippen LogP contribution < -0.4 is 10.0 Å². The summed E-state index contributed by atoms with van der Waals surface area (Å²) in [5.41, 5.74) is 0.331. The summed E-state index contributed by atoms with van der Waals surface area (Å²) in [6.07, 6.45) is 4.41. The SMILES string of the molecule is CS(=O)(=O)Nc1ccc(NCCCCCCO)c([N+](=O)[O-])c1. The van der Waals surface area contributed by atoms with Gasteiger partial charge in [0.25, 0.3) is 5.69 Å². The Bertz CT molecular complexity index is 604. The van der Waals surface area contributed by atoms with E-state index >= 15 is 0 Å². The van der Waals surface area contributed by atoms with Gasteiger partial charge in [-0.1, -0.05) is 12.8 Å². The van der Waals surface area contributed by atoms with Gasteiger partial charge in [-0.3, -0.25) is 14.8 Å². The van der Waals surface area contributed by atoms with Crippen LogP contribution in [-0.4, -0.2) is 37.9 Å². The number of hydrogen-bond acceptors (Lipinski definition) is 6. The van der Waals surface area contributed by atoms with Gasteiger partial charge in [-0.05, 0) is 25.0 Å². The lowest BCUT2D eigenvalue weighted by Gasteiger charge is -2.09. The molecule has 22 heavy (non-hydrogen) atoms. The van der Waals surface area contributed by atoms with Gasteiger partial charge in [0, 0.05) is 19.2 Å². The lowest BCUT2D eigenvalue weighted by atomic mass is 10.2. The van der Waals surface area contributed by atoms with Crippen LogP contribution in [0.4, 0.5) is 17.1 Å². The van der Waals surface area contributed by atoms with E-state index < -0.39 is 14.9 Å². The first-order chi connectivity index (χ1) is 10.3. The zero-order valence-corrected chi connectivity index (χ0v) is 13.2. The summed E-state index contributed by atoms with van der Waals surface area (Å²) < 4.78 is 24.5. The van der Waals surface area contributed by atoms with E-state index in [0.717, 1.165) is 31.9 Å². The molecule has 124 valence electrons. The number of nitrogens with one attached hydrogen (secondary N) is 2. The fraction of sp³-hybridized carbons (Fsp3) is 0.538. The zero-order valence-electron chi connectivity index (χ0n) is 12.4. The summed E-state index contributed by atoms with van der Waals surface area (Å²) in [6.45, 7) is 0.749. The van der Waals surface area contributed by atoms with Gasteiger partial charge in [0.1, 0.15) is 5.69 Å². The van der Waals surface area contributed by atoms with E-state index in [9.17, 15) is 18.5 Å². The number of anilines is 2. The van der Waals surface area contributed by atoms with Gasteiger partial charge in [-0.25, -0.2) is 8.42 Å². The first-order valence-electron chi connectivity index (χ1n) is 6.94. The predicted molar refractivity (Wildman–Crippen MR) is 85.6 cm³/mol. The molecule has 0 unspecified atom stereocenters. The quantitative estimate of drug-likeness (QED) is 0.342. The highest BCUT2D eigenvalue weighted by Crippen LogP contribution is 2.28. The van der Waals surface area contributed by atoms with Crippen molar-refractivity contribution in [3.63, 3.8) is 0 Å². The second-order valence-electron chi connectivity index (χ2n) is 4.93. The zero-order chi connectivity index (χ0) is 16.6. The minimum Gasteiger partial charge on any atom is -0.396 e. The standard InChI is InChI=1S/C13H21N3O5S/c1-22(20,21)15-11-6-7-12(13(10-11)16(18)19)14-8-4-2-3-5-9-17/h6-7,10,14-15,17H,2-5,8-9H2,1H3. The molecular weight excluding hydrogens is 310 g/mol. The van der Waals surface area contributed by atoms with E-state index in [2.05, 4.69) is 10.0 Å². The van der Waals surface area contributed by atoms with Gasteiger partial charge in [0.2, 0.25) is 10.0 Å². The van der Waals surface area contributed by atoms with E-state index in [1.54, 1.807) is 0 Å². The molecule has 3 N–H and O–H groups in total. The van der Waals surface area contributed by atoms with Crippen LogP contribution in [0.2, 0.25) is 0 Å². The molecule has 1 aromatic carbocycles. The highest BCUT2D eigenvalue weighted by molar-refractivity contribution is 7.92. The van der Waals surface area contributed by atoms with Gasteiger partial charge in [0.15, 0.2) is 0 Å². The highest BCUT2D eigenvalue weighted by Gasteiger charge is 2.15. The number of benzene rings is 1. The molecule has 1 aromatic rings. The first kappa shape index (κ1) is 18.2. The Morgan fingerprint density at radius 2 is 1.91 bits per heavy atom. The Labute approximate surface area is 129 Å². The van der Waals surface area contributed by atoms with Gasteiger partial charge in [-0.15, -0.1) is 0 Å². The van der Waals surface area contributed by atoms with E-state index in [4.69, 9.17) is 5.11 Å². The number of nitro groups is 1. The topological polar surface area (TPSA) is 122 Å². The van der Waals surface area contributed by atoms with Crippen LogP contribution in [0, 0.1) is 10.1 Å². The van der Waals surface area contributed by atoms with Crippen molar-refractivity contribution in [2.75, 3.05) is 29.4 Å². The number of unbranched alkanes of at least 4 members (excludes halogenated alkanes) is 3. The fourth-order valence-electron chi connectivity index (χ4n) is 1.92. The Morgan fingerprint density at radius 1 is 1.23 bits per heavy atom. The van der Waals surface area contributed by atoms with Crippen LogP contribution in [-0.2, 0) is 10.0 Å². The molecule has 1 rings (SSSR count). The van der Waals surface area contributed by atoms with Crippen LogP contribution >= 0.6 is 0 Å². The number of nitro benzene ring substituents is 1. The molecule has 0 heterocycles. The van der Waals surface area contributed by atoms with Crippen LogP contribution in [0.1, 0.15) is 25.7 Å². The third-order valence-electron chi connectivity index (χ3n) is 2.90. The van der Waals surface area contributed by atoms with Gasteiger partial charge in [0.05, 0.1) is 16.9 Å². The van der Waals surface area contributed by atoms with Crippen molar-refractivity contribution in [2.45, 2.75) is 25.7 Å². The van der Waals surface area contributed by atoms with Crippen LogP contribution in [0.5, 0.6) is 0 Å². The van der Waals surface area contributed by atoms with Gasteiger partial charge < -0.3 is 10.4 Å². The van der Waals surface area contributed by atoms with E-state index in [0.29, 0.717) is 12.2 Å². The number of nitrogens with zero attached hydrogens (tertiary/aromatic N) is 1.